The van der Waals surface area contributed by atoms with Gasteiger partial charge in [0.25, 0.3) is 5.91 Å². The monoisotopic (exact) mass is 452 g/mol. The van der Waals surface area contributed by atoms with E-state index in [2.05, 4.69) is 27.5 Å². The van der Waals surface area contributed by atoms with Gasteiger partial charge in [-0.05, 0) is 55.3 Å². The summed E-state index contributed by atoms with van der Waals surface area (Å²) >= 11 is 0. The van der Waals surface area contributed by atoms with Gasteiger partial charge in [-0.1, -0.05) is 55.0 Å². The summed E-state index contributed by atoms with van der Waals surface area (Å²) in [5, 5.41) is 6.24. The second kappa shape index (κ2) is 11.1. The van der Waals surface area contributed by atoms with Crippen LogP contribution in [-0.4, -0.2) is 22.5 Å². The van der Waals surface area contributed by atoms with E-state index in [1.807, 2.05) is 73.7 Å². The van der Waals surface area contributed by atoms with Gasteiger partial charge < -0.3 is 15.4 Å². The van der Waals surface area contributed by atoms with Gasteiger partial charge in [0.2, 0.25) is 0 Å². The van der Waals surface area contributed by atoms with Gasteiger partial charge in [-0.15, -0.1) is 0 Å². The van der Waals surface area contributed by atoms with Crippen LogP contribution in [0, 0.1) is 6.92 Å². The highest BCUT2D eigenvalue weighted by Crippen LogP contribution is 2.20. The Morgan fingerprint density at radius 3 is 2.53 bits per heavy atom. The zero-order valence-corrected chi connectivity index (χ0v) is 19.4. The molecule has 0 saturated heterocycles. The standard InChI is InChI=1S/C28H28N4O2/c1-3-17-34-25-13-9-21(10-14-25)19-30-28(33)23-5-4-6-24(18-23)31-26-15-16-29-27(32-26)22-11-7-20(2)8-12-22/h4-16,18H,3,17,19H2,1-2H3,(H,30,33)(H,29,31,32). The van der Waals surface area contributed by atoms with Crippen molar-refractivity contribution in [2.45, 2.75) is 26.8 Å². The molecule has 0 saturated carbocycles. The Balaban J connectivity index is 1.38. The Labute approximate surface area is 200 Å². The maximum Gasteiger partial charge on any atom is 0.251 e. The molecule has 172 valence electrons. The minimum Gasteiger partial charge on any atom is -0.494 e. The maximum atomic E-state index is 12.7. The van der Waals surface area contributed by atoms with Gasteiger partial charge in [-0.3, -0.25) is 4.79 Å². The van der Waals surface area contributed by atoms with Crippen molar-refractivity contribution in [1.82, 2.24) is 15.3 Å². The lowest BCUT2D eigenvalue weighted by atomic mass is 10.1. The zero-order valence-electron chi connectivity index (χ0n) is 19.4. The van der Waals surface area contributed by atoms with Gasteiger partial charge in [0.15, 0.2) is 5.82 Å². The van der Waals surface area contributed by atoms with Gasteiger partial charge in [-0.2, -0.15) is 0 Å². The Morgan fingerprint density at radius 1 is 0.971 bits per heavy atom. The Morgan fingerprint density at radius 2 is 1.76 bits per heavy atom. The van der Waals surface area contributed by atoms with Crippen molar-refractivity contribution in [2.24, 2.45) is 0 Å². The predicted octanol–water partition coefficient (Wildman–Crippen LogP) is 5.91. The van der Waals surface area contributed by atoms with Crippen LogP contribution >= 0.6 is 0 Å². The topological polar surface area (TPSA) is 76.1 Å². The third-order valence-electron chi connectivity index (χ3n) is 5.21. The van der Waals surface area contributed by atoms with E-state index in [0.29, 0.717) is 30.4 Å². The number of hydrogen-bond acceptors (Lipinski definition) is 5. The Kier molecular flexibility index (Phi) is 7.50. The summed E-state index contributed by atoms with van der Waals surface area (Å²) in [5.74, 6) is 2.00. The van der Waals surface area contributed by atoms with E-state index in [-0.39, 0.29) is 5.91 Å². The molecule has 2 N–H and O–H groups in total. The molecule has 0 aliphatic rings. The molecule has 0 atom stereocenters. The first-order valence-electron chi connectivity index (χ1n) is 11.4. The van der Waals surface area contributed by atoms with Crippen molar-refractivity contribution in [1.29, 1.82) is 0 Å². The summed E-state index contributed by atoms with van der Waals surface area (Å²) in [6.07, 6.45) is 2.69. The van der Waals surface area contributed by atoms with E-state index in [1.165, 1.54) is 5.56 Å². The molecule has 3 aromatic carbocycles. The molecule has 0 bridgehead atoms. The largest absolute Gasteiger partial charge is 0.494 e. The molecular weight excluding hydrogens is 424 g/mol. The SMILES string of the molecule is CCCOc1ccc(CNC(=O)c2cccc(Nc3ccnc(-c4ccc(C)cc4)n3)c2)cc1. The van der Waals surface area contributed by atoms with E-state index in [0.717, 1.165) is 29.0 Å². The van der Waals surface area contributed by atoms with E-state index in [4.69, 9.17) is 4.74 Å². The number of aromatic nitrogens is 2. The second-order valence-electron chi connectivity index (χ2n) is 8.01. The number of hydrogen-bond donors (Lipinski definition) is 2. The lowest BCUT2D eigenvalue weighted by Gasteiger charge is -2.10. The highest BCUT2D eigenvalue weighted by Gasteiger charge is 2.08. The normalized spacial score (nSPS) is 10.5. The van der Waals surface area contributed by atoms with Crippen molar-refractivity contribution in [3.63, 3.8) is 0 Å². The fourth-order valence-corrected chi connectivity index (χ4v) is 3.36. The van der Waals surface area contributed by atoms with Crippen LogP contribution in [0.25, 0.3) is 11.4 Å². The zero-order chi connectivity index (χ0) is 23.8. The molecule has 34 heavy (non-hydrogen) atoms. The number of rotatable bonds is 9. The molecule has 0 spiro atoms. The van der Waals surface area contributed by atoms with Crippen molar-refractivity contribution in [3.05, 3.63) is 102 Å². The fourth-order valence-electron chi connectivity index (χ4n) is 3.36. The number of carbonyl (C=O) groups excluding carboxylic acids is 1. The summed E-state index contributed by atoms with van der Waals surface area (Å²) in [6, 6.07) is 25.0. The second-order valence-corrected chi connectivity index (χ2v) is 8.01. The number of anilines is 2. The van der Waals surface area contributed by atoms with E-state index < -0.39 is 0 Å². The maximum absolute atomic E-state index is 12.7. The van der Waals surface area contributed by atoms with E-state index in [9.17, 15) is 4.79 Å². The molecule has 1 amide bonds. The molecule has 4 aromatic rings. The van der Waals surface area contributed by atoms with Crippen LogP contribution in [0.2, 0.25) is 0 Å². The molecule has 6 nitrogen and oxygen atoms in total. The quantitative estimate of drug-likeness (QED) is 0.330. The number of benzene rings is 3. The van der Waals surface area contributed by atoms with Crippen LogP contribution < -0.4 is 15.4 Å². The fraction of sp³-hybridized carbons (Fsp3) is 0.179. The summed E-state index contributed by atoms with van der Waals surface area (Å²) < 4.78 is 5.60. The number of carbonyl (C=O) groups is 1. The first-order chi connectivity index (χ1) is 16.6. The molecule has 4 rings (SSSR count). The smallest absolute Gasteiger partial charge is 0.251 e. The molecule has 0 unspecified atom stereocenters. The molecule has 6 heteroatoms. The van der Waals surface area contributed by atoms with Crippen LogP contribution in [0.3, 0.4) is 0 Å². The summed E-state index contributed by atoms with van der Waals surface area (Å²) in [4.78, 5) is 21.7. The molecule has 0 fully saturated rings. The van der Waals surface area contributed by atoms with Crippen LogP contribution in [0.5, 0.6) is 5.75 Å². The van der Waals surface area contributed by atoms with Gasteiger partial charge >= 0.3 is 0 Å². The number of aryl methyl sites for hydroxylation is 1. The molecule has 0 aliphatic heterocycles. The Bertz CT molecular complexity index is 1240. The number of nitrogens with one attached hydrogen (secondary N) is 2. The summed E-state index contributed by atoms with van der Waals surface area (Å²) in [7, 11) is 0. The van der Waals surface area contributed by atoms with E-state index >= 15 is 0 Å². The van der Waals surface area contributed by atoms with Crippen molar-refractivity contribution in [2.75, 3.05) is 11.9 Å². The van der Waals surface area contributed by atoms with Crippen LogP contribution in [0.1, 0.15) is 34.8 Å². The van der Waals surface area contributed by atoms with Crippen molar-refractivity contribution >= 4 is 17.4 Å². The lowest BCUT2D eigenvalue weighted by molar-refractivity contribution is 0.0951. The molecular formula is C28H28N4O2. The molecule has 0 aliphatic carbocycles. The van der Waals surface area contributed by atoms with Gasteiger partial charge in [0, 0.05) is 29.6 Å². The molecule has 0 radical (unpaired) electrons. The van der Waals surface area contributed by atoms with Crippen LogP contribution in [-0.2, 0) is 6.54 Å². The first-order valence-corrected chi connectivity index (χ1v) is 11.4. The van der Waals surface area contributed by atoms with Crippen molar-refractivity contribution in [3.8, 4) is 17.1 Å². The highest BCUT2D eigenvalue weighted by molar-refractivity contribution is 5.95. The molecule has 1 aromatic heterocycles. The minimum absolute atomic E-state index is 0.141. The first kappa shape index (κ1) is 23.0. The van der Waals surface area contributed by atoms with Crippen LogP contribution in [0.4, 0.5) is 11.5 Å². The summed E-state index contributed by atoms with van der Waals surface area (Å²) in [6.45, 7) is 5.26. The van der Waals surface area contributed by atoms with Gasteiger partial charge in [-0.25, -0.2) is 9.97 Å². The number of ether oxygens (including phenoxy) is 1. The number of nitrogens with zero attached hydrogens (tertiary/aromatic N) is 2. The molecule has 1 heterocycles. The van der Waals surface area contributed by atoms with Crippen LogP contribution in [0.15, 0.2) is 85.1 Å². The lowest BCUT2D eigenvalue weighted by Crippen LogP contribution is -2.22. The van der Waals surface area contributed by atoms with Crippen molar-refractivity contribution < 1.29 is 9.53 Å². The average Bonchev–Trinajstić information content (AvgIpc) is 2.87. The summed E-state index contributed by atoms with van der Waals surface area (Å²) in [5.41, 5.74) is 4.49. The van der Waals surface area contributed by atoms with Gasteiger partial charge in [0.05, 0.1) is 6.61 Å². The third kappa shape index (κ3) is 6.19. The third-order valence-corrected chi connectivity index (χ3v) is 5.21. The van der Waals surface area contributed by atoms with Gasteiger partial charge in [0.1, 0.15) is 11.6 Å². The average molecular weight is 453 g/mol. The number of amides is 1. The highest BCUT2D eigenvalue weighted by atomic mass is 16.5. The minimum atomic E-state index is -0.141. The predicted molar refractivity (Wildman–Crippen MR) is 135 cm³/mol. The van der Waals surface area contributed by atoms with E-state index in [1.54, 1.807) is 18.3 Å². The Hall–Kier alpha value is -4.19.